The highest BCUT2D eigenvalue weighted by Crippen LogP contribution is 2.18. The number of unbranched alkanes of at least 4 members (excludes halogenated alkanes) is 1. The van der Waals surface area contributed by atoms with Crippen LogP contribution in [0.1, 0.15) is 12.8 Å². The predicted molar refractivity (Wildman–Crippen MR) is 69.1 cm³/mol. The highest BCUT2D eigenvalue weighted by Gasteiger charge is 2.07. The zero-order valence-corrected chi connectivity index (χ0v) is 11.0. The number of rotatable bonds is 4. The number of aryl methyl sites for hydroxylation is 1. The molecule has 1 aromatic heterocycles. The fraction of sp³-hybridized carbons (Fsp3) is 0.364. The summed E-state index contributed by atoms with van der Waals surface area (Å²) in [5.41, 5.74) is -0.0749. The molecule has 0 aliphatic rings. The van der Waals surface area contributed by atoms with Crippen molar-refractivity contribution in [3.05, 3.63) is 34.4 Å². The fourth-order valence-electron chi connectivity index (χ4n) is 1.54. The molecule has 0 spiro atoms. The van der Waals surface area contributed by atoms with Gasteiger partial charge in [0, 0.05) is 11.9 Å². The maximum absolute atomic E-state index is 13.0. The Morgan fingerprint density at radius 1 is 1.38 bits per heavy atom. The quantitative estimate of drug-likeness (QED) is 0.627. The van der Waals surface area contributed by atoms with Gasteiger partial charge in [0.2, 0.25) is 0 Å². The van der Waals surface area contributed by atoms with E-state index in [0.29, 0.717) is 11.9 Å². The molecule has 16 heavy (non-hydrogen) atoms. The summed E-state index contributed by atoms with van der Waals surface area (Å²) in [5, 5.41) is 1.44. The molecule has 0 aliphatic carbocycles. The molecule has 0 N–H and O–H groups in total. The van der Waals surface area contributed by atoms with E-state index >= 15 is 0 Å². The van der Waals surface area contributed by atoms with Gasteiger partial charge in [0.05, 0.1) is 10.1 Å². The first-order chi connectivity index (χ1) is 7.72. The Labute approximate surface area is 105 Å². The van der Waals surface area contributed by atoms with E-state index in [1.54, 1.807) is 10.0 Å². The van der Waals surface area contributed by atoms with Crippen LogP contribution < -0.4 is 5.56 Å². The van der Waals surface area contributed by atoms with Gasteiger partial charge in [0.1, 0.15) is 5.82 Å². The predicted octanol–water partition coefficient (Wildman–Crippen LogP) is 3.38. The van der Waals surface area contributed by atoms with Crippen molar-refractivity contribution in [3.63, 3.8) is 0 Å². The van der Waals surface area contributed by atoms with Crippen molar-refractivity contribution in [1.82, 2.24) is 3.96 Å². The van der Waals surface area contributed by atoms with E-state index in [1.165, 1.54) is 23.7 Å². The molecule has 0 radical (unpaired) electrons. The van der Waals surface area contributed by atoms with Gasteiger partial charge in [0.15, 0.2) is 0 Å². The molecule has 2 rings (SSSR count). The van der Waals surface area contributed by atoms with Crippen molar-refractivity contribution in [2.45, 2.75) is 19.4 Å². The van der Waals surface area contributed by atoms with E-state index in [-0.39, 0.29) is 11.4 Å². The highest BCUT2D eigenvalue weighted by molar-refractivity contribution is 9.09. The molecule has 0 unspecified atom stereocenters. The van der Waals surface area contributed by atoms with Crippen LogP contribution in [0.5, 0.6) is 0 Å². The number of nitrogens with zero attached hydrogens (tertiary/aromatic N) is 1. The molecule has 2 aromatic rings. The van der Waals surface area contributed by atoms with Crippen molar-refractivity contribution >= 4 is 37.5 Å². The molecule has 0 amide bonds. The summed E-state index contributed by atoms with van der Waals surface area (Å²) >= 11 is 4.76. The van der Waals surface area contributed by atoms with Gasteiger partial charge in [-0.15, -0.1) is 0 Å². The Bertz CT molecular complexity index is 548. The van der Waals surface area contributed by atoms with Gasteiger partial charge in [-0.25, -0.2) is 4.39 Å². The Hall–Kier alpha value is -0.680. The van der Waals surface area contributed by atoms with Gasteiger partial charge < -0.3 is 0 Å². The van der Waals surface area contributed by atoms with Crippen LogP contribution in [-0.2, 0) is 6.54 Å². The minimum absolute atomic E-state index is 0.0749. The summed E-state index contributed by atoms with van der Waals surface area (Å²) < 4.78 is 15.5. The van der Waals surface area contributed by atoms with Crippen LogP contribution in [0.3, 0.4) is 0 Å². The van der Waals surface area contributed by atoms with E-state index in [2.05, 4.69) is 15.9 Å². The van der Waals surface area contributed by atoms with E-state index in [9.17, 15) is 9.18 Å². The van der Waals surface area contributed by atoms with Crippen molar-refractivity contribution in [3.8, 4) is 0 Å². The summed E-state index contributed by atoms with van der Waals surface area (Å²) in [6.45, 7) is 0.714. The van der Waals surface area contributed by atoms with Gasteiger partial charge in [0.25, 0.3) is 5.56 Å². The molecule has 2 nitrogen and oxygen atoms in total. The maximum Gasteiger partial charge on any atom is 0.268 e. The van der Waals surface area contributed by atoms with E-state index in [4.69, 9.17) is 0 Å². The molecule has 1 heterocycles. The summed E-state index contributed by atoms with van der Waals surface area (Å²) in [6.07, 6.45) is 2.00. The number of benzene rings is 1. The Kier molecular flexibility index (Phi) is 3.76. The SMILES string of the molecule is O=c1c2cc(F)ccc2sn1CCCCBr. The third kappa shape index (κ3) is 2.35. The monoisotopic (exact) mass is 303 g/mol. The van der Waals surface area contributed by atoms with Gasteiger partial charge in [-0.1, -0.05) is 27.5 Å². The average Bonchev–Trinajstić information content (AvgIpc) is 2.57. The topological polar surface area (TPSA) is 22.0 Å². The Morgan fingerprint density at radius 2 is 2.19 bits per heavy atom. The number of hydrogen-bond acceptors (Lipinski definition) is 2. The number of fused-ring (bicyclic) bond motifs is 1. The summed E-state index contributed by atoms with van der Waals surface area (Å²) in [7, 11) is 0. The average molecular weight is 304 g/mol. The third-order valence-corrected chi connectivity index (χ3v) is 4.03. The standard InChI is InChI=1S/C11H11BrFNOS/c12-5-1-2-6-14-11(15)9-7-8(13)3-4-10(9)16-14/h3-4,7H,1-2,5-6H2. The van der Waals surface area contributed by atoms with Crippen LogP contribution in [0, 0.1) is 5.82 Å². The second-order valence-corrected chi connectivity index (χ2v) is 5.39. The van der Waals surface area contributed by atoms with E-state index < -0.39 is 0 Å². The first kappa shape index (κ1) is 11.8. The van der Waals surface area contributed by atoms with Crippen LogP contribution in [0.25, 0.3) is 10.1 Å². The lowest BCUT2D eigenvalue weighted by Gasteiger charge is -1.97. The second kappa shape index (κ2) is 5.10. The first-order valence-electron chi connectivity index (χ1n) is 5.07. The van der Waals surface area contributed by atoms with Crippen molar-refractivity contribution in [2.24, 2.45) is 0 Å². The summed E-state index contributed by atoms with van der Waals surface area (Å²) in [4.78, 5) is 11.9. The lowest BCUT2D eigenvalue weighted by atomic mass is 10.3. The third-order valence-electron chi connectivity index (χ3n) is 2.35. The van der Waals surface area contributed by atoms with Gasteiger partial charge >= 0.3 is 0 Å². The fourth-order valence-corrected chi connectivity index (χ4v) is 2.95. The van der Waals surface area contributed by atoms with Crippen molar-refractivity contribution < 1.29 is 4.39 Å². The molecule has 1 aromatic carbocycles. The van der Waals surface area contributed by atoms with Gasteiger partial charge in [-0.05, 0) is 31.0 Å². The van der Waals surface area contributed by atoms with Crippen LogP contribution in [0.2, 0.25) is 0 Å². The molecule has 0 saturated heterocycles. The largest absolute Gasteiger partial charge is 0.268 e. The zero-order valence-electron chi connectivity index (χ0n) is 8.58. The molecule has 5 heteroatoms. The number of halogens is 2. The smallest absolute Gasteiger partial charge is 0.268 e. The van der Waals surface area contributed by atoms with Crippen LogP contribution in [0.15, 0.2) is 23.0 Å². The second-order valence-electron chi connectivity index (χ2n) is 3.54. The Balaban J connectivity index is 2.33. The van der Waals surface area contributed by atoms with Crippen LogP contribution in [-0.4, -0.2) is 9.29 Å². The molecular weight excluding hydrogens is 293 g/mol. The zero-order chi connectivity index (χ0) is 11.5. The molecule has 0 saturated carbocycles. The molecule has 86 valence electrons. The van der Waals surface area contributed by atoms with Crippen LogP contribution in [0.4, 0.5) is 4.39 Å². The minimum Gasteiger partial charge on any atom is -0.268 e. The van der Waals surface area contributed by atoms with Crippen molar-refractivity contribution in [2.75, 3.05) is 5.33 Å². The number of hydrogen-bond donors (Lipinski definition) is 0. The number of aromatic nitrogens is 1. The molecule has 0 atom stereocenters. The summed E-state index contributed by atoms with van der Waals surface area (Å²) in [6, 6.07) is 4.37. The molecule has 0 fully saturated rings. The lowest BCUT2D eigenvalue weighted by molar-refractivity contribution is 0.629. The normalized spacial score (nSPS) is 11.1. The van der Waals surface area contributed by atoms with E-state index in [0.717, 1.165) is 22.9 Å². The Morgan fingerprint density at radius 3 is 2.94 bits per heavy atom. The van der Waals surface area contributed by atoms with E-state index in [1.807, 2.05) is 0 Å². The first-order valence-corrected chi connectivity index (χ1v) is 6.97. The maximum atomic E-state index is 13.0. The van der Waals surface area contributed by atoms with Gasteiger partial charge in [-0.3, -0.25) is 8.75 Å². The van der Waals surface area contributed by atoms with Gasteiger partial charge in [-0.2, -0.15) is 0 Å². The molecular formula is C11H11BrFNOS. The van der Waals surface area contributed by atoms with Crippen molar-refractivity contribution in [1.29, 1.82) is 0 Å². The number of alkyl halides is 1. The van der Waals surface area contributed by atoms with Crippen LogP contribution >= 0.6 is 27.5 Å². The molecule has 0 bridgehead atoms. The minimum atomic E-state index is -0.352. The lowest BCUT2D eigenvalue weighted by Crippen LogP contribution is -2.13. The highest BCUT2D eigenvalue weighted by atomic mass is 79.9. The summed E-state index contributed by atoms with van der Waals surface area (Å²) in [5.74, 6) is -0.352. The molecule has 0 aliphatic heterocycles.